The molecule has 1 aromatic carbocycles. The molecule has 1 aromatic heterocycles. The van der Waals surface area contributed by atoms with Crippen molar-refractivity contribution in [2.24, 2.45) is 5.73 Å². The van der Waals surface area contributed by atoms with Crippen LogP contribution in [0.4, 0.5) is 0 Å². The summed E-state index contributed by atoms with van der Waals surface area (Å²) in [6.45, 7) is 1.60. The van der Waals surface area contributed by atoms with Gasteiger partial charge < -0.3 is 10.3 Å². The fraction of sp³-hybridized carbons (Fsp3) is 0.250. The minimum absolute atomic E-state index is 0.611. The summed E-state index contributed by atoms with van der Waals surface area (Å²) < 4.78 is 2.08. The molecule has 0 unspecified atom stereocenters. The number of benzene rings is 1. The van der Waals surface area contributed by atoms with Crippen molar-refractivity contribution in [1.29, 1.82) is 0 Å². The number of aryl methyl sites for hydroxylation is 1. The van der Waals surface area contributed by atoms with Crippen LogP contribution in [0.15, 0.2) is 47.9 Å². The fourth-order valence-electron chi connectivity index (χ4n) is 1.41. The molecule has 16 heavy (non-hydrogen) atoms. The summed E-state index contributed by atoms with van der Waals surface area (Å²) in [7, 11) is 0. The SMILES string of the molecule is NCc1ccc(SCCn2ccnc2)cc1. The first-order chi connectivity index (χ1) is 7.88. The Morgan fingerprint density at radius 3 is 2.69 bits per heavy atom. The molecule has 0 aliphatic carbocycles. The molecular formula is C12H15N3S. The lowest BCUT2D eigenvalue weighted by Crippen LogP contribution is -1.97. The minimum Gasteiger partial charge on any atom is -0.337 e. The van der Waals surface area contributed by atoms with Gasteiger partial charge in [0.2, 0.25) is 0 Å². The largest absolute Gasteiger partial charge is 0.337 e. The zero-order valence-electron chi connectivity index (χ0n) is 9.04. The van der Waals surface area contributed by atoms with Crippen molar-refractivity contribution in [2.45, 2.75) is 18.0 Å². The number of hydrogen-bond acceptors (Lipinski definition) is 3. The lowest BCUT2D eigenvalue weighted by molar-refractivity contribution is 0.770. The van der Waals surface area contributed by atoms with Gasteiger partial charge in [-0.05, 0) is 17.7 Å². The summed E-state index contributed by atoms with van der Waals surface area (Å²) >= 11 is 1.85. The highest BCUT2D eigenvalue weighted by molar-refractivity contribution is 7.99. The first kappa shape index (κ1) is 11.2. The Hall–Kier alpha value is -1.26. The summed E-state index contributed by atoms with van der Waals surface area (Å²) in [6, 6.07) is 8.42. The van der Waals surface area contributed by atoms with Crippen LogP contribution >= 0.6 is 11.8 Å². The van der Waals surface area contributed by atoms with Crippen LogP contribution in [0.3, 0.4) is 0 Å². The van der Waals surface area contributed by atoms with E-state index in [1.165, 1.54) is 10.5 Å². The lowest BCUT2D eigenvalue weighted by atomic mass is 10.2. The van der Waals surface area contributed by atoms with Crippen molar-refractivity contribution >= 4 is 11.8 Å². The third-order valence-electron chi connectivity index (χ3n) is 2.34. The Balaban J connectivity index is 1.81. The Labute approximate surface area is 99.7 Å². The van der Waals surface area contributed by atoms with Crippen LogP contribution in [-0.2, 0) is 13.1 Å². The highest BCUT2D eigenvalue weighted by Crippen LogP contribution is 2.18. The van der Waals surface area contributed by atoms with E-state index in [0.29, 0.717) is 6.54 Å². The summed E-state index contributed by atoms with van der Waals surface area (Å²) in [5.74, 6) is 1.05. The molecule has 84 valence electrons. The highest BCUT2D eigenvalue weighted by atomic mass is 32.2. The van der Waals surface area contributed by atoms with Gasteiger partial charge >= 0.3 is 0 Å². The van der Waals surface area contributed by atoms with Crippen molar-refractivity contribution in [3.63, 3.8) is 0 Å². The second-order valence-corrected chi connectivity index (χ2v) is 4.67. The topological polar surface area (TPSA) is 43.8 Å². The van der Waals surface area contributed by atoms with E-state index in [-0.39, 0.29) is 0 Å². The zero-order valence-corrected chi connectivity index (χ0v) is 9.86. The summed E-state index contributed by atoms with van der Waals surface area (Å²) in [5.41, 5.74) is 6.73. The fourth-order valence-corrected chi connectivity index (χ4v) is 2.28. The van der Waals surface area contributed by atoms with Crippen molar-refractivity contribution in [3.8, 4) is 0 Å². The molecule has 2 aromatic rings. The maximum absolute atomic E-state index is 5.55. The maximum atomic E-state index is 5.55. The van der Waals surface area contributed by atoms with Gasteiger partial charge in [0.15, 0.2) is 0 Å². The Morgan fingerprint density at radius 2 is 2.06 bits per heavy atom. The Morgan fingerprint density at radius 1 is 1.25 bits per heavy atom. The van der Waals surface area contributed by atoms with E-state index in [0.717, 1.165) is 12.3 Å². The van der Waals surface area contributed by atoms with Crippen LogP contribution in [0, 0.1) is 0 Å². The van der Waals surface area contributed by atoms with Crippen LogP contribution in [0.5, 0.6) is 0 Å². The maximum Gasteiger partial charge on any atom is 0.0946 e. The van der Waals surface area contributed by atoms with Crippen LogP contribution in [0.2, 0.25) is 0 Å². The van der Waals surface area contributed by atoms with E-state index in [1.807, 2.05) is 24.3 Å². The number of aromatic nitrogens is 2. The van der Waals surface area contributed by atoms with Gasteiger partial charge in [-0.2, -0.15) is 0 Å². The second-order valence-electron chi connectivity index (χ2n) is 3.50. The van der Waals surface area contributed by atoms with Gasteiger partial charge in [0.05, 0.1) is 6.33 Å². The molecular weight excluding hydrogens is 218 g/mol. The molecule has 0 spiro atoms. The molecule has 4 heteroatoms. The van der Waals surface area contributed by atoms with Crippen LogP contribution in [-0.4, -0.2) is 15.3 Å². The quantitative estimate of drug-likeness (QED) is 0.805. The molecule has 2 N–H and O–H groups in total. The predicted octanol–water partition coefficient (Wildman–Crippen LogP) is 2.13. The van der Waals surface area contributed by atoms with Gasteiger partial charge in [0.1, 0.15) is 0 Å². The zero-order chi connectivity index (χ0) is 11.2. The number of imidazole rings is 1. The molecule has 0 atom stereocenters. The third-order valence-corrected chi connectivity index (χ3v) is 3.33. The minimum atomic E-state index is 0.611. The molecule has 0 bridgehead atoms. The first-order valence-electron chi connectivity index (χ1n) is 5.26. The van der Waals surface area contributed by atoms with Gasteiger partial charge in [0.25, 0.3) is 0 Å². The normalized spacial score (nSPS) is 10.6. The summed E-state index contributed by atoms with van der Waals surface area (Å²) in [6.07, 6.45) is 5.64. The van der Waals surface area contributed by atoms with Crippen LogP contribution < -0.4 is 5.73 Å². The molecule has 0 aliphatic rings. The van der Waals surface area contributed by atoms with E-state index >= 15 is 0 Å². The number of thioether (sulfide) groups is 1. The lowest BCUT2D eigenvalue weighted by Gasteiger charge is -2.03. The number of nitrogens with two attached hydrogens (primary N) is 1. The molecule has 0 radical (unpaired) electrons. The molecule has 0 fully saturated rings. The van der Waals surface area contributed by atoms with Crippen molar-refractivity contribution in [2.75, 3.05) is 5.75 Å². The molecule has 0 amide bonds. The average molecular weight is 233 g/mol. The smallest absolute Gasteiger partial charge is 0.0946 e. The molecule has 3 nitrogen and oxygen atoms in total. The molecule has 2 rings (SSSR count). The van der Waals surface area contributed by atoms with Gasteiger partial charge in [0, 0.05) is 36.1 Å². The average Bonchev–Trinajstić information content (AvgIpc) is 2.83. The van der Waals surface area contributed by atoms with E-state index in [9.17, 15) is 0 Å². The van der Waals surface area contributed by atoms with Gasteiger partial charge in [-0.25, -0.2) is 4.98 Å². The molecule has 0 saturated carbocycles. The van der Waals surface area contributed by atoms with Gasteiger partial charge in [-0.1, -0.05) is 12.1 Å². The van der Waals surface area contributed by atoms with E-state index in [1.54, 1.807) is 6.20 Å². The number of nitrogens with zero attached hydrogens (tertiary/aromatic N) is 2. The first-order valence-corrected chi connectivity index (χ1v) is 6.24. The van der Waals surface area contributed by atoms with E-state index in [4.69, 9.17) is 5.73 Å². The van der Waals surface area contributed by atoms with Crippen molar-refractivity contribution < 1.29 is 0 Å². The molecule has 1 heterocycles. The van der Waals surface area contributed by atoms with Crippen LogP contribution in [0.25, 0.3) is 0 Å². The van der Waals surface area contributed by atoms with Crippen LogP contribution in [0.1, 0.15) is 5.56 Å². The molecule has 0 saturated heterocycles. The van der Waals surface area contributed by atoms with E-state index < -0.39 is 0 Å². The number of hydrogen-bond donors (Lipinski definition) is 1. The Bertz CT molecular complexity index is 408. The van der Waals surface area contributed by atoms with Crippen molar-refractivity contribution in [3.05, 3.63) is 48.5 Å². The van der Waals surface area contributed by atoms with Gasteiger partial charge in [-0.15, -0.1) is 11.8 Å². The number of rotatable bonds is 5. The van der Waals surface area contributed by atoms with E-state index in [2.05, 4.69) is 33.8 Å². The highest BCUT2D eigenvalue weighted by Gasteiger charge is 1.95. The third kappa shape index (κ3) is 3.12. The van der Waals surface area contributed by atoms with Gasteiger partial charge in [-0.3, -0.25) is 0 Å². The monoisotopic (exact) mass is 233 g/mol. The summed E-state index contributed by atoms with van der Waals surface area (Å²) in [5, 5.41) is 0. The second kappa shape index (κ2) is 5.72. The predicted molar refractivity (Wildman–Crippen MR) is 67.3 cm³/mol. The van der Waals surface area contributed by atoms with Crippen molar-refractivity contribution in [1.82, 2.24) is 9.55 Å². The Kier molecular flexibility index (Phi) is 4.02. The molecule has 0 aliphatic heterocycles. The summed E-state index contributed by atoms with van der Waals surface area (Å²) in [4.78, 5) is 5.30. The standard InChI is InChI=1S/C12H15N3S/c13-9-11-1-3-12(4-2-11)16-8-7-15-6-5-14-10-15/h1-6,10H,7-9,13H2.